The van der Waals surface area contributed by atoms with Crippen molar-refractivity contribution < 1.29 is 4.74 Å². The van der Waals surface area contributed by atoms with E-state index in [1.54, 1.807) is 0 Å². The van der Waals surface area contributed by atoms with E-state index >= 15 is 0 Å². The maximum absolute atomic E-state index is 5.98. The van der Waals surface area contributed by atoms with Crippen molar-refractivity contribution in [1.29, 1.82) is 0 Å². The van der Waals surface area contributed by atoms with Crippen molar-refractivity contribution >= 4 is 0 Å². The van der Waals surface area contributed by atoms with Gasteiger partial charge < -0.3 is 15.8 Å². The van der Waals surface area contributed by atoms with E-state index in [1.165, 1.54) is 0 Å². The molecule has 3 nitrogen and oxygen atoms in total. The first-order chi connectivity index (χ1) is 5.26. The number of nitrogens with two attached hydrogens (primary N) is 1. The lowest BCUT2D eigenvalue weighted by Gasteiger charge is -2.31. The highest BCUT2D eigenvalue weighted by molar-refractivity contribution is 5.05. The highest BCUT2D eigenvalue weighted by Gasteiger charge is 2.49. The summed E-state index contributed by atoms with van der Waals surface area (Å²) in [6.45, 7) is 4.97. The molecule has 2 fully saturated rings. The Morgan fingerprint density at radius 3 is 2.91 bits per heavy atom. The Balaban J connectivity index is 2.19. The highest BCUT2D eigenvalue weighted by atomic mass is 16.5. The van der Waals surface area contributed by atoms with Gasteiger partial charge in [-0.1, -0.05) is 6.92 Å². The second kappa shape index (κ2) is 2.44. The second-order valence-electron chi connectivity index (χ2n) is 3.73. The molecule has 0 aromatic carbocycles. The van der Waals surface area contributed by atoms with Gasteiger partial charge in [0.25, 0.3) is 0 Å². The van der Waals surface area contributed by atoms with Crippen LogP contribution in [-0.2, 0) is 4.74 Å². The largest absolute Gasteiger partial charge is 0.372 e. The summed E-state index contributed by atoms with van der Waals surface area (Å²) in [5.74, 6) is 0.618. The SMILES string of the molecule is CC1CCOC12CNCC2N. The molecule has 0 amide bonds. The maximum Gasteiger partial charge on any atom is 0.0994 e. The van der Waals surface area contributed by atoms with Gasteiger partial charge in [0.05, 0.1) is 5.60 Å². The smallest absolute Gasteiger partial charge is 0.0994 e. The van der Waals surface area contributed by atoms with Gasteiger partial charge in [-0.2, -0.15) is 0 Å². The van der Waals surface area contributed by atoms with Gasteiger partial charge >= 0.3 is 0 Å². The lowest BCUT2D eigenvalue weighted by molar-refractivity contribution is -0.0121. The van der Waals surface area contributed by atoms with Crippen LogP contribution in [0.15, 0.2) is 0 Å². The van der Waals surface area contributed by atoms with Gasteiger partial charge in [0.15, 0.2) is 0 Å². The lowest BCUT2D eigenvalue weighted by atomic mass is 9.85. The first kappa shape index (κ1) is 7.53. The molecule has 0 saturated carbocycles. The quantitative estimate of drug-likeness (QED) is 0.507. The summed E-state index contributed by atoms with van der Waals surface area (Å²) >= 11 is 0. The third-order valence-corrected chi connectivity index (χ3v) is 3.15. The molecule has 0 aromatic heterocycles. The highest BCUT2D eigenvalue weighted by Crippen LogP contribution is 2.35. The van der Waals surface area contributed by atoms with Crippen molar-refractivity contribution in [1.82, 2.24) is 5.32 Å². The Labute approximate surface area is 67.3 Å². The van der Waals surface area contributed by atoms with Crippen LogP contribution >= 0.6 is 0 Å². The molecule has 3 N–H and O–H groups in total. The fraction of sp³-hybridized carbons (Fsp3) is 1.00. The summed E-state index contributed by atoms with van der Waals surface area (Å²) in [7, 11) is 0. The van der Waals surface area contributed by atoms with Crippen molar-refractivity contribution in [2.75, 3.05) is 19.7 Å². The van der Waals surface area contributed by atoms with Crippen LogP contribution in [0.1, 0.15) is 13.3 Å². The van der Waals surface area contributed by atoms with Crippen LogP contribution in [0.2, 0.25) is 0 Å². The van der Waals surface area contributed by atoms with E-state index in [9.17, 15) is 0 Å². The standard InChI is InChI=1S/C8H16N2O/c1-6-2-3-11-8(6)5-10-4-7(8)9/h6-7,10H,2-5,9H2,1H3. The Kier molecular flexibility index (Phi) is 1.67. The summed E-state index contributed by atoms with van der Waals surface area (Å²) < 4.78 is 5.74. The predicted molar refractivity (Wildman–Crippen MR) is 43.3 cm³/mol. The number of nitrogens with one attached hydrogen (secondary N) is 1. The van der Waals surface area contributed by atoms with Crippen LogP contribution in [0.4, 0.5) is 0 Å². The van der Waals surface area contributed by atoms with Crippen LogP contribution in [0.3, 0.4) is 0 Å². The van der Waals surface area contributed by atoms with E-state index in [2.05, 4.69) is 12.2 Å². The van der Waals surface area contributed by atoms with Crippen molar-refractivity contribution in [3.63, 3.8) is 0 Å². The Morgan fingerprint density at radius 2 is 2.45 bits per heavy atom. The van der Waals surface area contributed by atoms with Crippen LogP contribution in [0.5, 0.6) is 0 Å². The molecule has 0 bridgehead atoms. The molecule has 3 heteroatoms. The average Bonchev–Trinajstić information content (AvgIpc) is 2.48. The zero-order chi connectivity index (χ0) is 7.90. The van der Waals surface area contributed by atoms with Gasteiger partial charge in [-0.3, -0.25) is 0 Å². The molecule has 3 atom stereocenters. The summed E-state index contributed by atoms with van der Waals surface area (Å²) in [6.07, 6.45) is 1.16. The van der Waals surface area contributed by atoms with Crippen molar-refractivity contribution in [2.45, 2.75) is 25.0 Å². The molecule has 2 heterocycles. The summed E-state index contributed by atoms with van der Waals surface area (Å²) in [5, 5.41) is 3.29. The number of ether oxygens (including phenoxy) is 1. The molecule has 2 rings (SSSR count). The molecule has 3 unspecified atom stereocenters. The Hall–Kier alpha value is -0.120. The average molecular weight is 156 g/mol. The maximum atomic E-state index is 5.98. The van der Waals surface area contributed by atoms with Crippen molar-refractivity contribution in [3.8, 4) is 0 Å². The monoisotopic (exact) mass is 156 g/mol. The van der Waals surface area contributed by atoms with Gasteiger partial charge in [0.1, 0.15) is 0 Å². The lowest BCUT2D eigenvalue weighted by Crippen LogP contribution is -2.50. The van der Waals surface area contributed by atoms with E-state index < -0.39 is 0 Å². The van der Waals surface area contributed by atoms with Gasteiger partial charge in [0, 0.05) is 25.7 Å². The minimum atomic E-state index is -0.0278. The van der Waals surface area contributed by atoms with E-state index in [4.69, 9.17) is 10.5 Å². The molecule has 2 saturated heterocycles. The van der Waals surface area contributed by atoms with Crippen LogP contribution < -0.4 is 11.1 Å². The molecular formula is C8H16N2O. The zero-order valence-corrected chi connectivity index (χ0v) is 6.97. The number of rotatable bonds is 0. The third-order valence-electron chi connectivity index (χ3n) is 3.15. The van der Waals surface area contributed by atoms with Gasteiger partial charge in [-0.05, 0) is 12.3 Å². The molecule has 11 heavy (non-hydrogen) atoms. The Morgan fingerprint density at radius 1 is 1.64 bits per heavy atom. The normalized spacial score (nSPS) is 50.7. The molecular weight excluding hydrogens is 140 g/mol. The predicted octanol–water partition coefficient (Wildman–Crippen LogP) is -0.288. The van der Waals surface area contributed by atoms with E-state index in [-0.39, 0.29) is 11.6 Å². The minimum absolute atomic E-state index is 0.0278. The van der Waals surface area contributed by atoms with E-state index in [0.29, 0.717) is 5.92 Å². The van der Waals surface area contributed by atoms with Crippen molar-refractivity contribution in [3.05, 3.63) is 0 Å². The molecule has 2 aliphatic heterocycles. The molecule has 0 aliphatic carbocycles. The van der Waals surface area contributed by atoms with Gasteiger partial charge in [-0.15, -0.1) is 0 Å². The summed E-state index contributed by atoms with van der Waals surface area (Å²) in [4.78, 5) is 0. The first-order valence-corrected chi connectivity index (χ1v) is 4.36. The van der Waals surface area contributed by atoms with E-state index in [0.717, 1.165) is 26.1 Å². The molecule has 0 radical (unpaired) electrons. The van der Waals surface area contributed by atoms with Crippen LogP contribution in [0.25, 0.3) is 0 Å². The van der Waals surface area contributed by atoms with E-state index in [1.807, 2.05) is 0 Å². The molecule has 64 valence electrons. The minimum Gasteiger partial charge on any atom is -0.372 e. The molecule has 0 aromatic rings. The number of hydrogen-bond acceptors (Lipinski definition) is 3. The fourth-order valence-electron chi connectivity index (χ4n) is 2.24. The topological polar surface area (TPSA) is 47.3 Å². The number of hydrogen-bond donors (Lipinski definition) is 2. The van der Waals surface area contributed by atoms with Gasteiger partial charge in [-0.25, -0.2) is 0 Å². The van der Waals surface area contributed by atoms with Crippen molar-refractivity contribution in [2.24, 2.45) is 11.7 Å². The van der Waals surface area contributed by atoms with Gasteiger partial charge in [0.2, 0.25) is 0 Å². The fourth-order valence-corrected chi connectivity index (χ4v) is 2.24. The first-order valence-electron chi connectivity index (χ1n) is 4.36. The third kappa shape index (κ3) is 0.916. The van der Waals surface area contributed by atoms with Crippen LogP contribution in [0, 0.1) is 5.92 Å². The zero-order valence-electron chi connectivity index (χ0n) is 6.97. The molecule has 2 aliphatic rings. The second-order valence-corrected chi connectivity index (χ2v) is 3.73. The van der Waals surface area contributed by atoms with Crippen LogP contribution in [-0.4, -0.2) is 31.3 Å². The summed E-state index contributed by atoms with van der Waals surface area (Å²) in [6, 6.07) is 0.194. The molecule has 1 spiro atoms. The summed E-state index contributed by atoms with van der Waals surface area (Å²) in [5.41, 5.74) is 5.95. The Bertz CT molecular complexity index is 142.